The van der Waals surface area contributed by atoms with Gasteiger partial charge < -0.3 is 14.8 Å². The Bertz CT molecular complexity index is 1050. The lowest BCUT2D eigenvalue weighted by Crippen LogP contribution is -2.21. The van der Waals surface area contributed by atoms with E-state index in [1.54, 1.807) is 36.6 Å². The summed E-state index contributed by atoms with van der Waals surface area (Å²) in [6.07, 6.45) is 0. The summed E-state index contributed by atoms with van der Waals surface area (Å²) < 4.78 is 10.3. The molecule has 0 aliphatic carbocycles. The zero-order valence-electron chi connectivity index (χ0n) is 15.5. The number of amides is 1. The summed E-state index contributed by atoms with van der Waals surface area (Å²) in [5.74, 6) is -0.783. The first-order chi connectivity index (χ1) is 13.9. The molecule has 0 bridgehead atoms. The lowest BCUT2D eigenvalue weighted by molar-refractivity contribution is -0.119. The fourth-order valence-corrected chi connectivity index (χ4v) is 3.49. The maximum atomic E-state index is 12.2. The van der Waals surface area contributed by atoms with Gasteiger partial charge in [-0.05, 0) is 30.7 Å². The molecule has 1 heterocycles. The third kappa shape index (κ3) is 5.26. The number of nitrogens with one attached hydrogen (secondary N) is 1. The van der Waals surface area contributed by atoms with Crippen molar-refractivity contribution in [2.24, 2.45) is 0 Å². The highest BCUT2D eigenvalue weighted by Crippen LogP contribution is 2.31. The second-order valence-corrected chi connectivity index (χ2v) is 7.67. The number of nitrogens with zero attached hydrogens (tertiary/aromatic N) is 1. The zero-order chi connectivity index (χ0) is 21.0. The topological polar surface area (TPSA) is 77.5 Å². The van der Waals surface area contributed by atoms with Gasteiger partial charge >= 0.3 is 5.97 Å². The Labute approximate surface area is 181 Å². The van der Waals surface area contributed by atoms with E-state index in [2.05, 4.69) is 10.3 Å². The van der Waals surface area contributed by atoms with Crippen LogP contribution in [0.4, 0.5) is 5.69 Å². The summed E-state index contributed by atoms with van der Waals surface area (Å²) in [6, 6.07) is 10.4. The molecule has 0 fully saturated rings. The number of aryl methyl sites for hydroxylation is 1. The number of halogens is 2. The molecule has 3 aromatic rings. The van der Waals surface area contributed by atoms with Gasteiger partial charge in [-0.1, -0.05) is 35.3 Å². The molecule has 2 aromatic carbocycles. The summed E-state index contributed by atoms with van der Waals surface area (Å²) in [7, 11) is 1.47. The molecule has 0 spiro atoms. The molecule has 1 N–H and O–H groups in total. The van der Waals surface area contributed by atoms with Gasteiger partial charge in [-0.2, -0.15) is 0 Å². The van der Waals surface area contributed by atoms with Gasteiger partial charge in [-0.3, -0.25) is 4.79 Å². The van der Waals surface area contributed by atoms with Crippen LogP contribution in [0.15, 0.2) is 41.8 Å². The fraction of sp³-hybridized carbons (Fsp3) is 0.150. The van der Waals surface area contributed by atoms with Crippen LogP contribution in [0.5, 0.6) is 5.75 Å². The molecule has 0 radical (unpaired) electrons. The average molecular weight is 451 g/mol. The molecule has 150 valence electrons. The second kappa shape index (κ2) is 9.26. The summed E-state index contributed by atoms with van der Waals surface area (Å²) in [6.45, 7) is 1.34. The Hall–Kier alpha value is -2.61. The van der Waals surface area contributed by atoms with E-state index in [0.717, 1.165) is 11.1 Å². The average Bonchev–Trinajstić information content (AvgIpc) is 3.19. The number of methoxy groups -OCH3 is 1. The number of benzene rings is 2. The van der Waals surface area contributed by atoms with E-state index in [1.807, 2.05) is 12.1 Å². The van der Waals surface area contributed by atoms with Crippen molar-refractivity contribution in [3.63, 3.8) is 0 Å². The molecule has 0 aliphatic heterocycles. The van der Waals surface area contributed by atoms with Gasteiger partial charge in [0, 0.05) is 27.1 Å². The molecule has 3 rings (SSSR count). The predicted octanol–water partition coefficient (Wildman–Crippen LogP) is 5.23. The Balaban J connectivity index is 1.60. The van der Waals surface area contributed by atoms with Crippen LogP contribution in [-0.2, 0) is 9.53 Å². The Morgan fingerprint density at radius 1 is 1.17 bits per heavy atom. The lowest BCUT2D eigenvalue weighted by atomic mass is 10.2. The lowest BCUT2D eigenvalue weighted by Gasteiger charge is -2.12. The van der Waals surface area contributed by atoms with E-state index in [-0.39, 0.29) is 5.69 Å². The third-order valence-electron chi connectivity index (χ3n) is 3.89. The first-order valence-corrected chi connectivity index (χ1v) is 10.0. The van der Waals surface area contributed by atoms with Crippen LogP contribution in [0.1, 0.15) is 16.1 Å². The van der Waals surface area contributed by atoms with Gasteiger partial charge in [-0.25, -0.2) is 9.78 Å². The van der Waals surface area contributed by atoms with E-state index in [0.29, 0.717) is 26.5 Å². The van der Waals surface area contributed by atoms with E-state index >= 15 is 0 Å². The van der Waals surface area contributed by atoms with Crippen LogP contribution in [0.2, 0.25) is 10.0 Å². The molecule has 6 nitrogen and oxygen atoms in total. The predicted molar refractivity (Wildman–Crippen MR) is 114 cm³/mol. The first kappa shape index (κ1) is 21.1. The smallest absolute Gasteiger partial charge is 0.358 e. The highest BCUT2D eigenvalue weighted by Gasteiger charge is 2.16. The molecule has 0 atom stereocenters. The number of carbonyl (C=O) groups excluding carboxylic acids is 2. The normalized spacial score (nSPS) is 10.5. The fourth-order valence-electron chi connectivity index (χ4n) is 2.41. The van der Waals surface area contributed by atoms with Gasteiger partial charge in [-0.15, -0.1) is 11.3 Å². The minimum Gasteiger partial charge on any atom is -0.495 e. The molecule has 0 aliphatic rings. The van der Waals surface area contributed by atoms with Crippen LogP contribution in [0.3, 0.4) is 0 Å². The Morgan fingerprint density at radius 2 is 1.90 bits per heavy atom. The van der Waals surface area contributed by atoms with Gasteiger partial charge in [0.2, 0.25) is 0 Å². The third-order valence-corrected chi connectivity index (χ3v) is 5.44. The number of rotatable bonds is 6. The quantitative estimate of drug-likeness (QED) is 0.520. The SMILES string of the molecule is COc1cc(Cl)c(C)cc1NC(=O)COC(=O)c1csc(-c2ccc(Cl)cc2)n1. The van der Waals surface area contributed by atoms with E-state index < -0.39 is 18.5 Å². The monoisotopic (exact) mass is 450 g/mol. The van der Waals surface area contributed by atoms with Crippen LogP contribution in [0.25, 0.3) is 10.6 Å². The standard InChI is InChI=1S/C20H16Cl2N2O4S/c1-11-7-15(17(27-2)8-14(11)22)23-18(25)9-28-20(26)16-10-29-19(24-16)12-3-5-13(21)6-4-12/h3-8,10H,9H2,1-2H3,(H,23,25). The summed E-state index contributed by atoms with van der Waals surface area (Å²) in [5, 5.41) is 6.01. The minimum absolute atomic E-state index is 0.132. The number of carbonyl (C=O) groups is 2. The van der Waals surface area contributed by atoms with E-state index in [4.69, 9.17) is 32.7 Å². The van der Waals surface area contributed by atoms with Crippen molar-refractivity contribution in [2.75, 3.05) is 19.0 Å². The van der Waals surface area contributed by atoms with Crippen molar-refractivity contribution in [1.29, 1.82) is 0 Å². The minimum atomic E-state index is -0.684. The van der Waals surface area contributed by atoms with Crippen molar-refractivity contribution in [3.8, 4) is 16.3 Å². The van der Waals surface area contributed by atoms with Gasteiger partial charge in [0.1, 0.15) is 10.8 Å². The number of hydrogen-bond acceptors (Lipinski definition) is 6. The molecule has 9 heteroatoms. The van der Waals surface area contributed by atoms with E-state index in [9.17, 15) is 9.59 Å². The Morgan fingerprint density at radius 3 is 2.59 bits per heavy atom. The highest BCUT2D eigenvalue weighted by atomic mass is 35.5. The number of aromatic nitrogens is 1. The van der Waals surface area contributed by atoms with Gasteiger partial charge in [0.05, 0.1) is 12.8 Å². The van der Waals surface area contributed by atoms with Crippen molar-refractivity contribution >= 4 is 52.1 Å². The number of hydrogen-bond donors (Lipinski definition) is 1. The number of thiazole rings is 1. The maximum absolute atomic E-state index is 12.2. The van der Waals surface area contributed by atoms with E-state index in [1.165, 1.54) is 18.4 Å². The molecule has 1 amide bonds. The highest BCUT2D eigenvalue weighted by molar-refractivity contribution is 7.13. The maximum Gasteiger partial charge on any atom is 0.358 e. The van der Waals surface area contributed by atoms with Gasteiger partial charge in [0.25, 0.3) is 5.91 Å². The molecular formula is C20H16Cl2N2O4S. The molecule has 29 heavy (non-hydrogen) atoms. The summed E-state index contributed by atoms with van der Waals surface area (Å²) in [4.78, 5) is 28.6. The molecule has 0 saturated carbocycles. The van der Waals surface area contributed by atoms with Crippen LogP contribution in [-0.4, -0.2) is 30.6 Å². The Kier molecular flexibility index (Phi) is 6.74. The van der Waals surface area contributed by atoms with Crippen molar-refractivity contribution in [3.05, 3.63) is 63.1 Å². The summed E-state index contributed by atoms with van der Waals surface area (Å²) >= 11 is 13.2. The van der Waals surface area contributed by atoms with Crippen LogP contribution < -0.4 is 10.1 Å². The second-order valence-electron chi connectivity index (χ2n) is 5.97. The molecule has 0 unspecified atom stereocenters. The zero-order valence-corrected chi connectivity index (χ0v) is 17.8. The van der Waals surface area contributed by atoms with Crippen LogP contribution >= 0.6 is 34.5 Å². The molecular weight excluding hydrogens is 435 g/mol. The number of esters is 1. The van der Waals surface area contributed by atoms with Crippen molar-refractivity contribution in [2.45, 2.75) is 6.92 Å². The number of ether oxygens (including phenoxy) is 2. The van der Waals surface area contributed by atoms with Crippen LogP contribution in [0, 0.1) is 6.92 Å². The van der Waals surface area contributed by atoms with Crippen molar-refractivity contribution in [1.82, 2.24) is 4.98 Å². The molecule has 1 aromatic heterocycles. The van der Waals surface area contributed by atoms with Gasteiger partial charge in [0.15, 0.2) is 12.3 Å². The number of anilines is 1. The van der Waals surface area contributed by atoms with Crippen molar-refractivity contribution < 1.29 is 19.1 Å². The first-order valence-electron chi connectivity index (χ1n) is 8.40. The molecule has 0 saturated heterocycles. The summed E-state index contributed by atoms with van der Waals surface area (Å²) in [5.41, 5.74) is 2.18. The largest absolute Gasteiger partial charge is 0.495 e.